The normalized spacial score (nSPS) is 12.6. The van der Waals surface area contributed by atoms with Gasteiger partial charge in [0.25, 0.3) is 0 Å². The zero-order valence-electron chi connectivity index (χ0n) is 11.0. The lowest BCUT2D eigenvalue weighted by Crippen LogP contribution is -2.30. The zero-order valence-corrected chi connectivity index (χ0v) is 13.2. The molecular formula is C15H24IN. The standard InChI is InChI=1S/C15H24IN/c1-3-5-6-7-15(17-4-2)12-13-8-10-14(16)11-9-13/h8-11,15,17H,3-7,12H2,1-2H3. The van der Waals surface area contributed by atoms with Gasteiger partial charge in [0.15, 0.2) is 0 Å². The number of unbranched alkanes of at least 4 members (excludes halogenated alkanes) is 2. The second kappa shape index (κ2) is 8.92. The second-order valence-corrected chi connectivity index (χ2v) is 5.83. The number of hydrogen-bond donors (Lipinski definition) is 1. The predicted molar refractivity (Wildman–Crippen MR) is 84.5 cm³/mol. The van der Waals surface area contributed by atoms with Crippen LogP contribution in [0.4, 0.5) is 0 Å². The van der Waals surface area contributed by atoms with E-state index in [1.54, 1.807) is 0 Å². The number of likely N-dealkylation sites (N-methyl/N-ethyl adjacent to an activating group) is 1. The van der Waals surface area contributed by atoms with E-state index in [9.17, 15) is 0 Å². The number of hydrogen-bond acceptors (Lipinski definition) is 1. The molecule has 0 aliphatic rings. The van der Waals surface area contributed by atoms with Crippen LogP contribution in [0.5, 0.6) is 0 Å². The van der Waals surface area contributed by atoms with Gasteiger partial charge in [-0.2, -0.15) is 0 Å². The summed E-state index contributed by atoms with van der Waals surface area (Å²) < 4.78 is 1.32. The molecule has 0 radical (unpaired) electrons. The fourth-order valence-electron chi connectivity index (χ4n) is 2.11. The Kier molecular flexibility index (Phi) is 7.86. The molecule has 0 aromatic heterocycles. The maximum Gasteiger partial charge on any atom is 0.0130 e. The second-order valence-electron chi connectivity index (χ2n) is 4.58. The molecule has 0 bridgehead atoms. The number of rotatable bonds is 8. The van der Waals surface area contributed by atoms with E-state index in [0.717, 1.165) is 13.0 Å². The van der Waals surface area contributed by atoms with E-state index in [2.05, 4.69) is 66.0 Å². The Morgan fingerprint density at radius 3 is 2.41 bits per heavy atom. The molecule has 0 fully saturated rings. The molecule has 0 aliphatic carbocycles. The fourth-order valence-corrected chi connectivity index (χ4v) is 2.47. The van der Waals surface area contributed by atoms with Crippen molar-refractivity contribution in [3.63, 3.8) is 0 Å². The maximum atomic E-state index is 3.60. The molecule has 1 aromatic carbocycles. The van der Waals surface area contributed by atoms with Crippen molar-refractivity contribution >= 4 is 22.6 Å². The SMILES string of the molecule is CCCCCC(Cc1ccc(I)cc1)NCC. The molecule has 0 saturated carbocycles. The first-order chi connectivity index (χ1) is 8.26. The monoisotopic (exact) mass is 345 g/mol. The molecule has 0 aliphatic heterocycles. The van der Waals surface area contributed by atoms with Crippen LogP contribution in [0.2, 0.25) is 0 Å². The highest BCUT2D eigenvalue weighted by atomic mass is 127. The van der Waals surface area contributed by atoms with Crippen LogP contribution < -0.4 is 5.32 Å². The largest absolute Gasteiger partial charge is 0.314 e. The van der Waals surface area contributed by atoms with Gasteiger partial charge in [-0.15, -0.1) is 0 Å². The molecule has 2 heteroatoms. The Labute approximate surface area is 120 Å². The van der Waals surface area contributed by atoms with E-state index in [1.165, 1.54) is 34.8 Å². The summed E-state index contributed by atoms with van der Waals surface area (Å²) in [5.74, 6) is 0. The summed E-state index contributed by atoms with van der Waals surface area (Å²) in [7, 11) is 0. The minimum Gasteiger partial charge on any atom is -0.314 e. The van der Waals surface area contributed by atoms with Crippen molar-refractivity contribution in [2.75, 3.05) is 6.54 Å². The van der Waals surface area contributed by atoms with Crippen LogP contribution in [0, 0.1) is 3.57 Å². The lowest BCUT2D eigenvalue weighted by molar-refractivity contribution is 0.467. The van der Waals surface area contributed by atoms with Gasteiger partial charge in [-0.3, -0.25) is 0 Å². The van der Waals surface area contributed by atoms with E-state index >= 15 is 0 Å². The highest BCUT2D eigenvalue weighted by molar-refractivity contribution is 14.1. The fraction of sp³-hybridized carbons (Fsp3) is 0.600. The van der Waals surface area contributed by atoms with Crippen molar-refractivity contribution in [2.24, 2.45) is 0 Å². The Hall–Kier alpha value is -0.0900. The molecule has 1 rings (SSSR count). The molecule has 1 nitrogen and oxygen atoms in total. The molecule has 96 valence electrons. The van der Waals surface area contributed by atoms with Gasteiger partial charge in [0.2, 0.25) is 0 Å². The summed E-state index contributed by atoms with van der Waals surface area (Å²) >= 11 is 2.36. The first-order valence-corrected chi connectivity index (χ1v) is 7.82. The third kappa shape index (κ3) is 6.41. The van der Waals surface area contributed by atoms with Crippen molar-refractivity contribution in [2.45, 2.75) is 52.0 Å². The predicted octanol–water partition coefficient (Wildman–Crippen LogP) is 4.39. The van der Waals surface area contributed by atoms with Crippen molar-refractivity contribution in [1.82, 2.24) is 5.32 Å². The van der Waals surface area contributed by atoms with Crippen LogP contribution in [0.25, 0.3) is 0 Å². The van der Waals surface area contributed by atoms with Crippen molar-refractivity contribution in [3.8, 4) is 0 Å². The highest BCUT2D eigenvalue weighted by Gasteiger charge is 2.07. The quantitative estimate of drug-likeness (QED) is 0.544. The van der Waals surface area contributed by atoms with Crippen LogP contribution in [0.15, 0.2) is 24.3 Å². The molecule has 0 amide bonds. The van der Waals surface area contributed by atoms with Gasteiger partial charge < -0.3 is 5.32 Å². The smallest absolute Gasteiger partial charge is 0.0130 e. The maximum absolute atomic E-state index is 3.60. The van der Waals surface area contributed by atoms with Crippen LogP contribution in [-0.4, -0.2) is 12.6 Å². The molecule has 0 heterocycles. The van der Waals surface area contributed by atoms with Gasteiger partial charge >= 0.3 is 0 Å². The minimum absolute atomic E-state index is 0.645. The van der Waals surface area contributed by atoms with Crippen LogP contribution in [-0.2, 0) is 6.42 Å². The topological polar surface area (TPSA) is 12.0 Å². The summed E-state index contributed by atoms with van der Waals surface area (Å²) in [5, 5.41) is 3.60. The van der Waals surface area contributed by atoms with Gasteiger partial charge in [-0.1, -0.05) is 45.2 Å². The number of benzene rings is 1. The van der Waals surface area contributed by atoms with Crippen LogP contribution in [0.1, 0.15) is 45.1 Å². The van der Waals surface area contributed by atoms with Gasteiger partial charge in [0.05, 0.1) is 0 Å². The van der Waals surface area contributed by atoms with Gasteiger partial charge in [0.1, 0.15) is 0 Å². The Morgan fingerprint density at radius 1 is 1.12 bits per heavy atom. The number of halogens is 1. The molecule has 1 N–H and O–H groups in total. The van der Waals surface area contributed by atoms with Gasteiger partial charge in [0, 0.05) is 9.61 Å². The van der Waals surface area contributed by atoms with E-state index in [0.29, 0.717) is 6.04 Å². The third-order valence-corrected chi connectivity index (χ3v) is 3.76. The van der Waals surface area contributed by atoms with Gasteiger partial charge in [-0.25, -0.2) is 0 Å². The molecule has 1 aromatic rings. The summed E-state index contributed by atoms with van der Waals surface area (Å²) in [4.78, 5) is 0. The van der Waals surface area contributed by atoms with E-state index < -0.39 is 0 Å². The average molecular weight is 345 g/mol. The first-order valence-electron chi connectivity index (χ1n) is 6.74. The Morgan fingerprint density at radius 2 is 1.82 bits per heavy atom. The summed E-state index contributed by atoms with van der Waals surface area (Å²) in [6, 6.07) is 9.56. The lowest BCUT2D eigenvalue weighted by Gasteiger charge is -2.17. The van der Waals surface area contributed by atoms with E-state index in [1.807, 2.05) is 0 Å². The highest BCUT2D eigenvalue weighted by Crippen LogP contribution is 2.12. The summed E-state index contributed by atoms with van der Waals surface area (Å²) in [6.07, 6.45) is 6.47. The van der Waals surface area contributed by atoms with E-state index in [4.69, 9.17) is 0 Å². The van der Waals surface area contributed by atoms with Crippen molar-refractivity contribution < 1.29 is 0 Å². The Balaban J connectivity index is 2.44. The first kappa shape index (κ1) is 15.0. The van der Waals surface area contributed by atoms with Gasteiger partial charge in [-0.05, 0) is 59.7 Å². The molecule has 0 saturated heterocycles. The van der Waals surface area contributed by atoms with E-state index in [-0.39, 0.29) is 0 Å². The Bertz CT molecular complexity index is 294. The van der Waals surface area contributed by atoms with Crippen molar-refractivity contribution in [1.29, 1.82) is 0 Å². The third-order valence-electron chi connectivity index (χ3n) is 3.04. The summed E-state index contributed by atoms with van der Waals surface area (Å²) in [6.45, 7) is 5.53. The molecule has 1 unspecified atom stereocenters. The molecule has 1 atom stereocenters. The minimum atomic E-state index is 0.645. The zero-order chi connectivity index (χ0) is 12.5. The number of nitrogens with one attached hydrogen (secondary N) is 1. The summed E-state index contributed by atoms with van der Waals surface area (Å²) in [5.41, 5.74) is 1.45. The van der Waals surface area contributed by atoms with Crippen LogP contribution in [0.3, 0.4) is 0 Å². The molecular weight excluding hydrogens is 321 g/mol. The van der Waals surface area contributed by atoms with Crippen molar-refractivity contribution in [3.05, 3.63) is 33.4 Å². The average Bonchev–Trinajstić information content (AvgIpc) is 2.32. The molecule has 17 heavy (non-hydrogen) atoms. The van der Waals surface area contributed by atoms with Crippen LogP contribution >= 0.6 is 22.6 Å². The lowest BCUT2D eigenvalue weighted by atomic mass is 10.0. The molecule has 0 spiro atoms.